The lowest BCUT2D eigenvalue weighted by Gasteiger charge is -2.30. The van der Waals surface area contributed by atoms with Crippen molar-refractivity contribution in [2.24, 2.45) is 5.92 Å². The van der Waals surface area contributed by atoms with E-state index < -0.39 is 5.97 Å². The summed E-state index contributed by atoms with van der Waals surface area (Å²) in [5.74, 6) is -0.812. The molecule has 1 saturated carbocycles. The van der Waals surface area contributed by atoms with Crippen molar-refractivity contribution in [3.05, 3.63) is 35.9 Å². The van der Waals surface area contributed by atoms with Crippen LogP contribution in [0.3, 0.4) is 0 Å². The van der Waals surface area contributed by atoms with Crippen molar-refractivity contribution >= 4 is 5.97 Å². The van der Waals surface area contributed by atoms with Crippen LogP contribution in [-0.4, -0.2) is 17.1 Å². The molecule has 1 aliphatic rings. The van der Waals surface area contributed by atoms with Gasteiger partial charge in [0.1, 0.15) is 0 Å². The van der Waals surface area contributed by atoms with Gasteiger partial charge in [0.25, 0.3) is 0 Å². The molecule has 0 heterocycles. The highest BCUT2D eigenvalue weighted by Gasteiger charge is 2.27. The molecule has 0 radical (unpaired) electrons. The SMILES string of the molecule is CC(NC1CCCC(C(=O)O)C1)c1ccccc1. The predicted octanol–water partition coefficient (Wildman–Crippen LogP) is 2.98. The quantitative estimate of drug-likeness (QED) is 0.860. The van der Waals surface area contributed by atoms with Crippen LogP contribution in [0.4, 0.5) is 0 Å². The molecule has 0 bridgehead atoms. The van der Waals surface area contributed by atoms with Gasteiger partial charge in [-0.2, -0.15) is 0 Å². The molecule has 1 aliphatic carbocycles. The van der Waals surface area contributed by atoms with E-state index in [9.17, 15) is 4.79 Å². The van der Waals surface area contributed by atoms with E-state index in [1.807, 2.05) is 18.2 Å². The van der Waals surface area contributed by atoms with Crippen molar-refractivity contribution in [3.8, 4) is 0 Å². The van der Waals surface area contributed by atoms with Crippen molar-refractivity contribution in [1.29, 1.82) is 0 Å². The minimum atomic E-state index is -0.645. The zero-order valence-electron chi connectivity index (χ0n) is 10.8. The van der Waals surface area contributed by atoms with Crippen LogP contribution in [-0.2, 0) is 4.79 Å². The van der Waals surface area contributed by atoms with E-state index >= 15 is 0 Å². The van der Waals surface area contributed by atoms with Gasteiger partial charge in [0, 0.05) is 12.1 Å². The van der Waals surface area contributed by atoms with E-state index in [2.05, 4.69) is 24.4 Å². The van der Waals surface area contributed by atoms with Gasteiger partial charge < -0.3 is 10.4 Å². The smallest absolute Gasteiger partial charge is 0.306 e. The average Bonchev–Trinajstić information content (AvgIpc) is 2.40. The lowest BCUT2D eigenvalue weighted by Crippen LogP contribution is -2.37. The second-order valence-electron chi connectivity index (χ2n) is 5.20. The van der Waals surface area contributed by atoms with Crippen molar-refractivity contribution in [3.63, 3.8) is 0 Å². The number of carbonyl (C=O) groups is 1. The normalized spacial score (nSPS) is 25.6. The van der Waals surface area contributed by atoms with Crippen molar-refractivity contribution in [1.82, 2.24) is 5.32 Å². The Kier molecular flexibility index (Phi) is 4.37. The lowest BCUT2D eigenvalue weighted by molar-refractivity contribution is -0.143. The van der Waals surface area contributed by atoms with Crippen LogP contribution in [0.2, 0.25) is 0 Å². The Labute approximate surface area is 108 Å². The fourth-order valence-electron chi connectivity index (χ4n) is 2.76. The van der Waals surface area contributed by atoms with E-state index in [-0.39, 0.29) is 12.0 Å². The summed E-state index contributed by atoms with van der Waals surface area (Å²) in [5, 5.41) is 12.6. The molecular weight excluding hydrogens is 226 g/mol. The molecule has 98 valence electrons. The van der Waals surface area contributed by atoms with Crippen LogP contribution in [0, 0.1) is 5.92 Å². The maximum Gasteiger partial charge on any atom is 0.306 e. The first kappa shape index (κ1) is 13.1. The van der Waals surface area contributed by atoms with Crippen LogP contribution >= 0.6 is 0 Å². The molecule has 0 aliphatic heterocycles. The van der Waals surface area contributed by atoms with Crippen LogP contribution in [0.15, 0.2) is 30.3 Å². The van der Waals surface area contributed by atoms with Gasteiger partial charge in [-0.3, -0.25) is 4.79 Å². The van der Waals surface area contributed by atoms with Crippen LogP contribution in [0.1, 0.15) is 44.2 Å². The van der Waals surface area contributed by atoms with Gasteiger partial charge in [-0.1, -0.05) is 36.8 Å². The number of hydrogen-bond donors (Lipinski definition) is 2. The highest BCUT2D eigenvalue weighted by molar-refractivity contribution is 5.70. The Balaban J connectivity index is 1.91. The Bertz CT molecular complexity index is 391. The zero-order valence-corrected chi connectivity index (χ0v) is 10.8. The molecule has 3 nitrogen and oxygen atoms in total. The first-order chi connectivity index (χ1) is 8.66. The molecule has 3 unspecified atom stereocenters. The molecule has 18 heavy (non-hydrogen) atoms. The lowest BCUT2D eigenvalue weighted by atomic mass is 9.85. The number of carboxylic acid groups (broad SMARTS) is 1. The number of rotatable bonds is 4. The largest absolute Gasteiger partial charge is 0.481 e. The third kappa shape index (κ3) is 3.33. The molecule has 2 N–H and O–H groups in total. The molecular formula is C15H21NO2. The van der Waals surface area contributed by atoms with E-state index in [1.54, 1.807) is 0 Å². The second kappa shape index (κ2) is 6.01. The van der Waals surface area contributed by atoms with Gasteiger partial charge in [-0.25, -0.2) is 0 Å². The summed E-state index contributed by atoms with van der Waals surface area (Å²) in [6.45, 7) is 2.14. The molecule has 0 saturated heterocycles. The summed E-state index contributed by atoms with van der Waals surface area (Å²) in [6.07, 6.45) is 3.68. The summed E-state index contributed by atoms with van der Waals surface area (Å²) in [7, 11) is 0. The minimum absolute atomic E-state index is 0.167. The maximum absolute atomic E-state index is 11.0. The van der Waals surface area contributed by atoms with Gasteiger partial charge in [-0.15, -0.1) is 0 Å². The van der Waals surface area contributed by atoms with Gasteiger partial charge in [0.15, 0.2) is 0 Å². The first-order valence-electron chi connectivity index (χ1n) is 6.70. The standard InChI is InChI=1S/C15H21NO2/c1-11(12-6-3-2-4-7-12)16-14-9-5-8-13(10-14)15(17)18/h2-4,6-7,11,13-14,16H,5,8-10H2,1H3,(H,17,18). The van der Waals surface area contributed by atoms with E-state index in [0.29, 0.717) is 6.04 Å². The molecule has 0 aromatic heterocycles. The fourth-order valence-corrected chi connectivity index (χ4v) is 2.76. The molecule has 1 aromatic rings. The van der Waals surface area contributed by atoms with Crippen molar-refractivity contribution in [2.75, 3.05) is 0 Å². The number of carboxylic acids is 1. The molecule has 0 spiro atoms. The topological polar surface area (TPSA) is 49.3 Å². The second-order valence-corrected chi connectivity index (χ2v) is 5.20. The van der Waals surface area contributed by atoms with Crippen LogP contribution in [0.25, 0.3) is 0 Å². The van der Waals surface area contributed by atoms with Gasteiger partial charge >= 0.3 is 5.97 Å². The highest BCUT2D eigenvalue weighted by atomic mass is 16.4. The van der Waals surface area contributed by atoms with Gasteiger partial charge in [-0.05, 0) is 31.7 Å². The molecule has 2 rings (SSSR count). The monoisotopic (exact) mass is 247 g/mol. The molecule has 1 fully saturated rings. The van der Waals surface area contributed by atoms with Crippen LogP contribution in [0.5, 0.6) is 0 Å². The third-order valence-electron chi connectivity index (χ3n) is 3.81. The molecule has 1 aromatic carbocycles. The van der Waals surface area contributed by atoms with Gasteiger partial charge in [0.2, 0.25) is 0 Å². The summed E-state index contributed by atoms with van der Waals surface area (Å²) < 4.78 is 0. The van der Waals surface area contributed by atoms with Gasteiger partial charge in [0.05, 0.1) is 5.92 Å². The average molecular weight is 247 g/mol. The summed E-state index contributed by atoms with van der Waals surface area (Å²) in [4.78, 5) is 11.0. The molecule has 3 heteroatoms. The summed E-state index contributed by atoms with van der Waals surface area (Å²) >= 11 is 0. The maximum atomic E-state index is 11.0. The summed E-state index contributed by atoms with van der Waals surface area (Å²) in [5.41, 5.74) is 1.26. The number of nitrogens with one attached hydrogen (secondary N) is 1. The van der Waals surface area contributed by atoms with E-state index in [1.165, 1.54) is 5.56 Å². The highest BCUT2D eigenvalue weighted by Crippen LogP contribution is 2.26. The van der Waals surface area contributed by atoms with E-state index in [4.69, 9.17) is 5.11 Å². The number of hydrogen-bond acceptors (Lipinski definition) is 2. The number of aliphatic carboxylic acids is 1. The Morgan fingerprint density at radius 3 is 2.72 bits per heavy atom. The zero-order chi connectivity index (χ0) is 13.0. The fraction of sp³-hybridized carbons (Fsp3) is 0.533. The third-order valence-corrected chi connectivity index (χ3v) is 3.81. The first-order valence-corrected chi connectivity index (χ1v) is 6.70. The Morgan fingerprint density at radius 1 is 1.33 bits per heavy atom. The van der Waals surface area contributed by atoms with Crippen molar-refractivity contribution in [2.45, 2.75) is 44.7 Å². The van der Waals surface area contributed by atoms with Crippen LogP contribution < -0.4 is 5.32 Å². The Hall–Kier alpha value is -1.35. The van der Waals surface area contributed by atoms with Crippen molar-refractivity contribution < 1.29 is 9.90 Å². The summed E-state index contributed by atoms with van der Waals surface area (Å²) in [6, 6.07) is 10.9. The van der Waals surface area contributed by atoms with E-state index in [0.717, 1.165) is 25.7 Å². The Morgan fingerprint density at radius 2 is 2.06 bits per heavy atom. The minimum Gasteiger partial charge on any atom is -0.481 e. The predicted molar refractivity (Wildman–Crippen MR) is 71.4 cm³/mol. The number of benzene rings is 1. The molecule has 0 amide bonds. The molecule has 3 atom stereocenters.